The summed E-state index contributed by atoms with van der Waals surface area (Å²) in [6.45, 7) is 2.01. The van der Waals surface area contributed by atoms with E-state index in [1.807, 2.05) is 18.2 Å². The van der Waals surface area contributed by atoms with Gasteiger partial charge in [0.15, 0.2) is 0 Å². The number of nitrogen functional groups attached to an aromatic ring is 1. The van der Waals surface area contributed by atoms with E-state index in [0.717, 1.165) is 25.2 Å². The van der Waals surface area contributed by atoms with E-state index in [0.29, 0.717) is 0 Å². The van der Waals surface area contributed by atoms with Crippen molar-refractivity contribution in [1.29, 1.82) is 0 Å². The fraction of sp³-hybridized carbons (Fsp3) is 0.286. The Morgan fingerprint density at radius 2 is 2.11 bits per heavy atom. The second-order valence-corrected chi connectivity index (χ2v) is 6.33. The van der Waals surface area contributed by atoms with Crippen molar-refractivity contribution in [2.45, 2.75) is 13.0 Å². The number of benzene rings is 1. The van der Waals surface area contributed by atoms with Crippen LogP contribution < -0.4 is 5.73 Å². The highest BCUT2D eigenvalue weighted by Gasteiger charge is 2.04. The van der Waals surface area contributed by atoms with Crippen LogP contribution >= 0.6 is 27.3 Å². The molecule has 0 atom stereocenters. The molecular formula is C14H17BrN2S. The summed E-state index contributed by atoms with van der Waals surface area (Å²) >= 11 is 5.27. The molecule has 0 aliphatic rings. The minimum Gasteiger partial charge on any atom is -0.399 e. The minimum absolute atomic E-state index is 0.893. The van der Waals surface area contributed by atoms with E-state index >= 15 is 0 Å². The fourth-order valence-electron chi connectivity index (χ4n) is 1.85. The van der Waals surface area contributed by atoms with Gasteiger partial charge in [-0.2, -0.15) is 0 Å². The number of rotatable bonds is 5. The normalized spacial score (nSPS) is 11.1. The van der Waals surface area contributed by atoms with Gasteiger partial charge in [-0.05, 0) is 47.1 Å². The molecule has 4 heteroatoms. The highest BCUT2D eigenvalue weighted by atomic mass is 79.9. The summed E-state index contributed by atoms with van der Waals surface area (Å²) in [5.74, 6) is 0. The Morgan fingerprint density at radius 1 is 1.33 bits per heavy atom. The molecule has 2 aromatic rings. The number of halogens is 1. The minimum atomic E-state index is 0.893. The van der Waals surface area contributed by atoms with E-state index in [9.17, 15) is 0 Å². The lowest BCUT2D eigenvalue weighted by molar-refractivity contribution is 0.334. The van der Waals surface area contributed by atoms with Gasteiger partial charge < -0.3 is 10.6 Å². The largest absolute Gasteiger partial charge is 0.399 e. The van der Waals surface area contributed by atoms with E-state index < -0.39 is 0 Å². The van der Waals surface area contributed by atoms with Crippen LogP contribution in [0.1, 0.15) is 10.4 Å². The van der Waals surface area contributed by atoms with Gasteiger partial charge in [0.05, 0.1) is 0 Å². The number of anilines is 1. The topological polar surface area (TPSA) is 29.3 Å². The molecule has 0 aliphatic heterocycles. The molecule has 2 N–H and O–H groups in total. The summed E-state index contributed by atoms with van der Waals surface area (Å²) in [6.07, 6.45) is 0.996. The first-order valence-corrected chi connectivity index (χ1v) is 7.57. The van der Waals surface area contributed by atoms with Gasteiger partial charge in [-0.15, -0.1) is 11.3 Å². The van der Waals surface area contributed by atoms with Crippen molar-refractivity contribution in [3.05, 3.63) is 50.6 Å². The molecule has 0 saturated carbocycles. The van der Waals surface area contributed by atoms with Crippen molar-refractivity contribution < 1.29 is 0 Å². The molecule has 2 rings (SSSR count). The number of nitrogens with zero attached hydrogens (tertiary/aromatic N) is 1. The van der Waals surface area contributed by atoms with Crippen molar-refractivity contribution in [3.8, 4) is 0 Å². The molecule has 0 radical (unpaired) electrons. The summed E-state index contributed by atoms with van der Waals surface area (Å²) < 4.78 is 1.17. The smallest absolute Gasteiger partial charge is 0.0347 e. The van der Waals surface area contributed by atoms with Crippen molar-refractivity contribution in [2.75, 3.05) is 19.3 Å². The number of hydrogen-bond acceptors (Lipinski definition) is 3. The van der Waals surface area contributed by atoms with Crippen molar-refractivity contribution in [3.63, 3.8) is 0 Å². The van der Waals surface area contributed by atoms with Crippen LogP contribution in [0.25, 0.3) is 0 Å². The van der Waals surface area contributed by atoms with E-state index in [4.69, 9.17) is 5.73 Å². The monoisotopic (exact) mass is 324 g/mol. The molecule has 0 bridgehead atoms. The molecule has 0 aliphatic carbocycles. The van der Waals surface area contributed by atoms with Gasteiger partial charge in [0, 0.05) is 33.5 Å². The molecular weight excluding hydrogens is 308 g/mol. The lowest BCUT2D eigenvalue weighted by Crippen LogP contribution is -2.20. The zero-order valence-electron chi connectivity index (χ0n) is 10.4. The van der Waals surface area contributed by atoms with Crippen LogP contribution in [0.3, 0.4) is 0 Å². The zero-order valence-corrected chi connectivity index (χ0v) is 12.8. The standard InChI is InChI=1S/C14H17BrN2S/c1-17(9-13-8-12(15)10-18-13)7-6-11-4-2-3-5-14(11)16/h2-5,8,10H,6-7,9,16H2,1H3. The maximum absolute atomic E-state index is 5.94. The van der Waals surface area contributed by atoms with Gasteiger partial charge in [-0.25, -0.2) is 0 Å². The lowest BCUT2D eigenvalue weighted by Gasteiger charge is -2.16. The Balaban J connectivity index is 1.85. The van der Waals surface area contributed by atoms with Crippen molar-refractivity contribution in [2.24, 2.45) is 0 Å². The molecule has 0 fully saturated rings. The second-order valence-electron chi connectivity index (χ2n) is 4.42. The number of para-hydroxylation sites is 1. The van der Waals surface area contributed by atoms with Gasteiger partial charge in [-0.3, -0.25) is 0 Å². The van der Waals surface area contributed by atoms with Gasteiger partial charge in [0.2, 0.25) is 0 Å². The molecule has 1 aromatic carbocycles. The van der Waals surface area contributed by atoms with Crippen LogP contribution in [0.2, 0.25) is 0 Å². The summed E-state index contributed by atoms with van der Waals surface area (Å²) in [6, 6.07) is 10.3. The molecule has 18 heavy (non-hydrogen) atoms. The maximum atomic E-state index is 5.94. The van der Waals surface area contributed by atoms with Gasteiger partial charge in [0.25, 0.3) is 0 Å². The Bertz CT molecular complexity index is 510. The van der Waals surface area contributed by atoms with Gasteiger partial charge in [0.1, 0.15) is 0 Å². The molecule has 96 valence electrons. The molecule has 2 nitrogen and oxygen atoms in total. The molecule has 1 aromatic heterocycles. The Hall–Kier alpha value is -0.840. The highest BCUT2D eigenvalue weighted by Crippen LogP contribution is 2.21. The SMILES string of the molecule is CN(CCc1ccccc1N)Cc1cc(Br)cs1. The number of hydrogen-bond donors (Lipinski definition) is 1. The Morgan fingerprint density at radius 3 is 2.78 bits per heavy atom. The predicted octanol–water partition coefficient (Wildman–Crippen LogP) is 3.77. The second kappa shape index (κ2) is 6.36. The Labute approximate surface area is 121 Å². The Kier molecular flexibility index (Phi) is 4.80. The van der Waals surface area contributed by atoms with Gasteiger partial charge in [-0.1, -0.05) is 18.2 Å². The number of thiophene rings is 1. The van der Waals surface area contributed by atoms with Crippen LogP contribution in [0.15, 0.2) is 40.2 Å². The number of likely N-dealkylation sites (N-methyl/N-ethyl adjacent to an activating group) is 1. The van der Waals surface area contributed by atoms with E-state index in [2.05, 4.69) is 45.4 Å². The summed E-state index contributed by atoms with van der Waals surface area (Å²) in [4.78, 5) is 3.70. The summed E-state index contributed by atoms with van der Waals surface area (Å²) in [5.41, 5.74) is 8.07. The van der Waals surface area contributed by atoms with E-state index in [-0.39, 0.29) is 0 Å². The molecule has 1 heterocycles. The van der Waals surface area contributed by atoms with Crippen molar-refractivity contribution in [1.82, 2.24) is 4.90 Å². The molecule has 0 unspecified atom stereocenters. The zero-order chi connectivity index (χ0) is 13.0. The van der Waals surface area contributed by atoms with E-state index in [1.165, 1.54) is 14.9 Å². The summed E-state index contributed by atoms with van der Waals surface area (Å²) in [7, 11) is 2.15. The van der Waals surface area contributed by atoms with Gasteiger partial charge >= 0.3 is 0 Å². The third-order valence-corrected chi connectivity index (χ3v) is 4.55. The number of nitrogens with two attached hydrogens (primary N) is 1. The first-order valence-electron chi connectivity index (χ1n) is 5.90. The molecule has 0 spiro atoms. The highest BCUT2D eigenvalue weighted by molar-refractivity contribution is 9.10. The molecule has 0 saturated heterocycles. The average Bonchev–Trinajstić information content (AvgIpc) is 2.74. The lowest BCUT2D eigenvalue weighted by atomic mass is 10.1. The maximum Gasteiger partial charge on any atom is 0.0347 e. The first kappa shape index (κ1) is 13.6. The van der Waals surface area contributed by atoms with Crippen LogP contribution in [0.5, 0.6) is 0 Å². The first-order chi connectivity index (χ1) is 8.65. The average molecular weight is 325 g/mol. The third-order valence-electron chi connectivity index (χ3n) is 2.87. The summed E-state index contributed by atoms with van der Waals surface area (Å²) in [5, 5.41) is 2.12. The predicted molar refractivity (Wildman–Crippen MR) is 82.9 cm³/mol. The molecule has 0 amide bonds. The van der Waals surface area contributed by atoms with Crippen LogP contribution in [-0.2, 0) is 13.0 Å². The third kappa shape index (κ3) is 3.83. The van der Waals surface area contributed by atoms with E-state index in [1.54, 1.807) is 11.3 Å². The van der Waals surface area contributed by atoms with Crippen LogP contribution in [0, 0.1) is 0 Å². The van der Waals surface area contributed by atoms with Crippen LogP contribution in [0.4, 0.5) is 5.69 Å². The van der Waals surface area contributed by atoms with Crippen molar-refractivity contribution >= 4 is 33.0 Å². The fourth-order valence-corrected chi connectivity index (χ4v) is 3.39. The quantitative estimate of drug-likeness (QED) is 0.848. The van der Waals surface area contributed by atoms with Crippen LogP contribution in [-0.4, -0.2) is 18.5 Å².